The van der Waals surface area contributed by atoms with Crippen LogP contribution in [0.15, 0.2) is 72.8 Å². The number of amides is 1. The van der Waals surface area contributed by atoms with Crippen molar-refractivity contribution in [2.75, 3.05) is 5.32 Å². The van der Waals surface area contributed by atoms with E-state index >= 15 is 0 Å². The van der Waals surface area contributed by atoms with Crippen LogP contribution < -0.4 is 14.8 Å². The Morgan fingerprint density at radius 2 is 1.59 bits per heavy atom. The smallest absolute Gasteiger partial charge is 0.265 e. The number of ether oxygens (including phenoxy) is 2. The molecule has 3 aromatic rings. The molecule has 0 aliphatic rings. The third kappa shape index (κ3) is 5.85. The highest BCUT2D eigenvalue weighted by Crippen LogP contribution is 2.20. The van der Waals surface area contributed by atoms with E-state index in [0.717, 1.165) is 16.9 Å². The van der Waals surface area contributed by atoms with Crippen LogP contribution in [-0.2, 0) is 11.4 Å². The zero-order valence-electron chi connectivity index (χ0n) is 17.1. The predicted octanol–water partition coefficient (Wildman–Crippen LogP) is 5.68. The van der Waals surface area contributed by atoms with Crippen LogP contribution in [0.1, 0.15) is 30.0 Å². The molecule has 0 aliphatic heterocycles. The number of benzene rings is 3. The number of carbonyl (C=O) groups excluding carboxylic acids is 1. The van der Waals surface area contributed by atoms with Gasteiger partial charge in [0, 0.05) is 5.69 Å². The molecule has 0 unspecified atom stereocenters. The van der Waals surface area contributed by atoms with Crippen LogP contribution in [0.3, 0.4) is 0 Å². The van der Waals surface area contributed by atoms with Crippen molar-refractivity contribution in [3.63, 3.8) is 0 Å². The number of hydrogen-bond acceptors (Lipinski definition) is 3. The van der Waals surface area contributed by atoms with Gasteiger partial charge < -0.3 is 14.8 Å². The number of nitrogens with one attached hydrogen (secondary N) is 1. The van der Waals surface area contributed by atoms with Gasteiger partial charge in [-0.25, -0.2) is 0 Å². The quantitative estimate of drug-likeness (QED) is 0.539. The van der Waals surface area contributed by atoms with Crippen molar-refractivity contribution in [1.82, 2.24) is 0 Å². The molecule has 0 aliphatic carbocycles. The summed E-state index contributed by atoms with van der Waals surface area (Å²) in [7, 11) is 0. The van der Waals surface area contributed by atoms with Crippen LogP contribution in [-0.4, -0.2) is 12.0 Å². The van der Waals surface area contributed by atoms with Crippen molar-refractivity contribution in [3.05, 3.63) is 89.5 Å². The van der Waals surface area contributed by atoms with E-state index in [1.807, 2.05) is 86.6 Å². The Balaban J connectivity index is 1.56. The molecule has 0 saturated heterocycles. The molecule has 0 aromatic heterocycles. The molecule has 4 nitrogen and oxygen atoms in total. The Hall–Kier alpha value is -3.27. The molecule has 4 heteroatoms. The van der Waals surface area contributed by atoms with Gasteiger partial charge in [-0.15, -0.1) is 0 Å². The predicted molar refractivity (Wildman–Crippen MR) is 116 cm³/mol. The van der Waals surface area contributed by atoms with E-state index in [1.54, 1.807) is 0 Å². The zero-order chi connectivity index (χ0) is 20.6. The van der Waals surface area contributed by atoms with Crippen LogP contribution in [0.4, 0.5) is 5.69 Å². The van der Waals surface area contributed by atoms with Gasteiger partial charge in [-0.3, -0.25) is 4.79 Å². The first-order chi connectivity index (χ1) is 14.0. The van der Waals surface area contributed by atoms with Crippen LogP contribution in [0.2, 0.25) is 0 Å². The van der Waals surface area contributed by atoms with E-state index in [1.165, 1.54) is 5.56 Å². The van der Waals surface area contributed by atoms with Crippen LogP contribution >= 0.6 is 0 Å². The van der Waals surface area contributed by atoms with Crippen LogP contribution in [0.25, 0.3) is 0 Å². The summed E-state index contributed by atoms with van der Waals surface area (Å²) >= 11 is 0. The second-order valence-corrected chi connectivity index (χ2v) is 7.05. The van der Waals surface area contributed by atoms with Gasteiger partial charge in [0.05, 0.1) is 0 Å². The molecule has 0 radical (unpaired) electrons. The van der Waals surface area contributed by atoms with Crippen molar-refractivity contribution < 1.29 is 14.3 Å². The summed E-state index contributed by atoms with van der Waals surface area (Å²) in [6.07, 6.45) is 0.0305. The molecular formula is C25H27NO3. The second-order valence-electron chi connectivity index (χ2n) is 7.05. The van der Waals surface area contributed by atoms with Gasteiger partial charge in [0.15, 0.2) is 6.10 Å². The minimum absolute atomic E-state index is 0.163. The van der Waals surface area contributed by atoms with Gasteiger partial charge >= 0.3 is 0 Å². The first kappa shape index (κ1) is 20.5. The average Bonchev–Trinajstić information content (AvgIpc) is 2.74. The van der Waals surface area contributed by atoms with E-state index in [-0.39, 0.29) is 5.91 Å². The molecular weight excluding hydrogens is 362 g/mol. The lowest BCUT2D eigenvalue weighted by Gasteiger charge is -2.18. The zero-order valence-corrected chi connectivity index (χ0v) is 17.1. The maximum Gasteiger partial charge on any atom is 0.265 e. The van der Waals surface area contributed by atoms with E-state index in [2.05, 4.69) is 12.2 Å². The molecule has 150 valence electrons. The summed E-state index contributed by atoms with van der Waals surface area (Å²) < 4.78 is 11.7. The summed E-state index contributed by atoms with van der Waals surface area (Å²) in [6, 6.07) is 23.2. The summed E-state index contributed by atoms with van der Waals surface area (Å²) in [5, 5.41) is 2.92. The molecule has 0 fully saturated rings. The third-order valence-corrected chi connectivity index (χ3v) is 4.79. The standard InChI is InChI=1S/C25H27NO3/c1-4-24(29-23-13-10-18(2)19(3)16-23)25(27)26-21-11-14-22(15-12-21)28-17-20-8-6-5-7-9-20/h5-16,24H,4,17H2,1-3H3,(H,26,27)/t24-/m0/s1. The van der Waals surface area contributed by atoms with Crippen molar-refractivity contribution >= 4 is 11.6 Å². The Bertz CT molecular complexity index is 936. The van der Waals surface area contributed by atoms with Crippen LogP contribution in [0.5, 0.6) is 11.5 Å². The molecule has 1 atom stereocenters. The summed E-state index contributed by atoms with van der Waals surface area (Å²) in [6.45, 7) is 6.53. The highest BCUT2D eigenvalue weighted by atomic mass is 16.5. The maximum atomic E-state index is 12.6. The average molecular weight is 389 g/mol. The Kier molecular flexibility index (Phi) is 6.90. The van der Waals surface area contributed by atoms with Crippen molar-refractivity contribution in [1.29, 1.82) is 0 Å². The molecule has 3 aromatic carbocycles. The Labute approximate surface area is 172 Å². The van der Waals surface area contributed by atoms with E-state index in [9.17, 15) is 4.79 Å². The van der Waals surface area contributed by atoms with Gasteiger partial charge in [0.2, 0.25) is 0 Å². The molecule has 29 heavy (non-hydrogen) atoms. The lowest BCUT2D eigenvalue weighted by atomic mass is 10.1. The van der Waals surface area contributed by atoms with E-state index in [0.29, 0.717) is 24.5 Å². The molecule has 0 bridgehead atoms. The topological polar surface area (TPSA) is 47.6 Å². The van der Waals surface area contributed by atoms with E-state index < -0.39 is 6.10 Å². The fourth-order valence-corrected chi connectivity index (χ4v) is 2.87. The van der Waals surface area contributed by atoms with Gasteiger partial charge in [-0.2, -0.15) is 0 Å². The van der Waals surface area contributed by atoms with Gasteiger partial charge in [-0.05, 0) is 73.4 Å². The molecule has 1 amide bonds. The molecule has 3 rings (SSSR count). The number of anilines is 1. The number of aryl methyl sites for hydroxylation is 2. The van der Waals surface area contributed by atoms with Gasteiger partial charge in [0.25, 0.3) is 5.91 Å². The normalized spacial score (nSPS) is 11.6. The molecule has 0 heterocycles. The SMILES string of the molecule is CC[C@H](Oc1ccc(C)c(C)c1)C(=O)Nc1ccc(OCc2ccccc2)cc1. The highest BCUT2D eigenvalue weighted by Gasteiger charge is 2.18. The minimum Gasteiger partial charge on any atom is -0.489 e. The first-order valence-corrected chi connectivity index (χ1v) is 9.86. The summed E-state index contributed by atoms with van der Waals surface area (Å²) in [5.41, 5.74) is 4.16. The van der Waals surface area contributed by atoms with Gasteiger partial charge in [0.1, 0.15) is 18.1 Å². The number of rotatable bonds is 8. The van der Waals surface area contributed by atoms with E-state index in [4.69, 9.17) is 9.47 Å². The first-order valence-electron chi connectivity index (χ1n) is 9.86. The summed E-state index contributed by atoms with van der Waals surface area (Å²) in [4.78, 5) is 12.6. The lowest BCUT2D eigenvalue weighted by molar-refractivity contribution is -0.122. The number of hydrogen-bond donors (Lipinski definition) is 1. The van der Waals surface area contributed by atoms with Gasteiger partial charge in [-0.1, -0.05) is 43.3 Å². The second kappa shape index (κ2) is 9.78. The molecule has 0 saturated carbocycles. The monoisotopic (exact) mass is 389 g/mol. The third-order valence-electron chi connectivity index (χ3n) is 4.79. The fraction of sp³-hybridized carbons (Fsp3) is 0.240. The summed E-state index contributed by atoms with van der Waals surface area (Å²) in [5.74, 6) is 1.30. The van der Waals surface area contributed by atoms with Crippen molar-refractivity contribution in [2.24, 2.45) is 0 Å². The Morgan fingerprint density at radius 1 is 0.897 bits per heavy atom. The van der Waals surface area contributed by atoms with Crippen LogP contribution in [0, 0.1) is 13.8 Å². The minimum atomic E-state index is -0.550. The fourth-order valence-electron chi connectivity index (χ4n) is 2.87. The highest BCUT2D eigenvalue weighted by molar-refractivity contribution is 5.94. The lowest BCUT2D eigenvalue weighted by Crippen LogP contribution is -2.32. The molecule has 0 spiro atoms. The largest absolute Gasteiger partial charge is 0.489 e. The maximum absolute atomic E-state index is 12.6. The number of carbonyl (C=O) groups is 1. The Morgan fingerprint density at radius 3 is 2.24 bits per heavy atom. The van der Waals surface area contributed by atoms with Crippen molar-refractivity contribution in [2.45, 2.75) is 39.9 Å². The molecule has 1 N–H and O–H groups in total. The van der Waals surface area contributed by atoms with Crippen molar-refractivity contribution in [3.8, 4) is 11.5 Å².